The van der Waals surface area contributed by atoms with Crippen LogP contribution in [0.15, 0.2) is 41.3 Å². The highest BCUT2D eigenvalue weighted by molar-refractivity contribution is 7.98. The predicted octanol–water partition coefficient (Wildman–Crippen LogP) is 4.40. The number of rotatable bonds is 4. The second kappa shape index (κ2) is 6.27. The first-order chi connectivity index (χ1) is 9.10. The van der Waals surface area contributed by atoms with Crippen LogP contribution in [0.4, 0.5) is 0 Å². The Morgan fingerprint density at radius 3 is 2.05 bits per heavy atom. The standard InChI is InChI=1S/C17H20OS/c1-12-8-13(2)17(14(3)9-12)11-19-16-6-4-15(10-18)5-7-16/h4-9,18H,10-11H2,1-3H3. The molecule has 0 bridgehead atoms. The maximum atomic E-state index is 9.03. The lowest BCUT2D eigenvalue weighted by atomic mass is 10.0. The molecular weight excluding hydrogens is 252 g/mol. The van der Waals surface area contributed by atoms with E-state index in [-0.39, 0.29) is 6.61 Å². The first-order valence-electron chi connectivity index (χ1n) is 6.49. The largest absolute Gasteiger partial charge is 0.392 e. The van der Waals surface area contributed by atoms with Gasteiger partial charge in [-0.05, 0) is 55.2 Å². The van der Waals surface area contributed by atoms with Crippen LogP contribution in [0.2, 0.25) is 0 Å². The molecule has 0 spiro atoms. The number of aliphatic hydroxyl groups is 1. The van der Waals surface area contributed by atoms with Gasteiger partial charge in [-0.15, -0.1) is 11.8 Å². The van der Waals surface area contributed by atoms with Gasteiger partial charge in [0.25, 0.3) is 0 Å². The van der Waals surface area contributed by atoms with Crippen molar-refractivity contribution in [3.05, 3.63) is 64.2 Å². The molecule has 1 nitrogen and oxygen atoms in total. The summed E-state index contributed by atoms with van der Waals surface area (Å²) < 4.78 is 0. The molecule has 0 aliphatic carbocycles. The Labute approximate surface area is 119 Å². The van der Waals surface area contributed by atoms with Crippen LogP contribution in [-0.2, 0) is 12.4 Å². The van der Waals surface area contributed by atoms with Gasteiger partial charge < -0.3 is 5.11 Å². The third-order valence-electron chi connectivity index (χ3n) is 3.33. The van der Waals surface area contributed by atoms with E-state index in [1.54, 1.807) is 0 Å². The molecule has 0 amide bonds. The zero-order chi connectivity index (χ0) is 13.8. The van der Waals surface area contributed by atoms with E-state index in [0.717, 1.165) is 11.3 Å². The molecule has 0 fully saturated rings. The highest BCUT2D eigenvalue weighted by Gasteiger charge is 2.04. The van der Waals surface area contributed by atoms with Crippen LogP contribution >= 0.6 is 11.8 Å². The summed E-state index contributed by atoms with van der Waals surface area (Å²) in [6, 6.07) is 12.6. The van der Waals surface area contributed by atoms with E-state index in [2.05, 4.69) is 45.0 Å². The molecule has 0 saturated heterocycles. The molecule has 0 saturated carbocycles. The molecule has 0 radical (unpaired) electrons. The summed E-state index contributed by atoms with van der Waals surface area (Å²) in [5.41, 5.74) is 6.47. The Hall–Kier alpha value is -1.25. The van der Waals surface area contributed by atoms with Crippen LogP contribution in [0.5, 0.6) is 0 Å². The molecule has 2 rings (SSSR count). The van der Waals surface area contributed by atoms with Crippen molar-refractivity contribution in [2.75, 3.05) is 0 Å². The topological polar surface area (TPSA) is 20.2 Å². The van der Waals surface area contributed by atoms with E-state index in [1.807, 2.05) is 23.9 Å². The molecule has 0 aliphatic heterocycles. The molecule has 2 aromatic carbocycles. The quantitative estimate of drug-likeness (QED) is 0.833. The summed E-state index contributed by atoms with van der Waals surface area (Å²) in [6.07, 6.45) is 0. The first kappa shape index (κ1) is 14.2. The van der Waals surface area contributed by atoms with Crippen molar-refractivity contribution >= 4 is 11.8 Å². The Kier molecular flexibility index (Phi) is 4.67. The third-order valence-corrected chi connectivity index (χ3v) is 4.37. The van der Waals surface area contributed by atoms with Gasteiger partial charge in [-0.2, -0.15) is 0 Å². The fraction of sp³-hybridized carbons (Fsp3) is 0.294. The summed E-state index contributed by atoms with van der Waals surface area (Å²) in [7, 11) is 0. The third kappa shape index (κ3) is 3.62. The second-order valence-electron chi connectivity index (χ2n) is 4.97. The van der Waals surface area contributed by atoms with Crippen LogP contribution in [0.1, 0.15) is 27.8 Å². The molecule has 0 heterocycles. The van der Waals surface area contributed by atoms with E-state index >= 15 is 0 Å². The predicted molar refractivity (Wildman–Crippen MR) is 82.6 cm³/mol. The summed E-state index contributed by atoms with van der Waals surface area (Å²) in [4.78, 5) is 1.25. The minimum Gasteiger partial charge on any atom is -0.392 e. The molecule has 2 aromatic rings. The summed E-state index contributed by atoms with van der Waals surface area (Å²) in [5, 5.41) is 9.03. The van der Waals surface area contributed by atoms with Gasteiger partial charge in [-0.25, -0.2) is 0 Å². The molecule has 0 aromatic heterocycles. The Bertz CT molecular complexity index is 535. The van der Waals surface area contributed by atoms with Crippen molar-refractivity contribution in [2.45, 2.75) is 38.0 Å². The van der Waals surface area contributed by atoms with Crippen molar-refractivity contribution in [1.82, 2.24) is 0 Å². The molecule has 1 N–H and O–H groups in total. The average molecular weight is 272 g/mol. The lowest BCUT2D eigenvalue weighted by molar-refractivity contribution is 0.282. The Morgan fingerprint density at radius 2 is 1.53 bits per heavy atom. The van der Waals surface area contributed by atoms with Crippen molar-refractivity contribution < 1.29 is 5.11 Å². The van der Waals surface area contributed by atoms with Gasteiger partial charge in [0, 0.05) is 10.6 Å². The van der Waals surface area contributed by atoms with Gasteiger partial charge in [-0.3, -0.25) is 0 Å². The van der Waals surface area contributed by atoms with Crippen LogP contribution in [0, 0.1) is 20.8 Å². The number of benzene rings is 2. The smallest absolute Gasteiger partial charge is 0.0681 e. The van der Waals surface area contributed by atoms with E-state index in [9.17, 15) is 0 Å². The SMILES string of the molecule is Cc1cc(C)c(CSc2ccc(CO)cc2)c(C)c1. The molecule has 0 unspecified atom stereocenters. The molecule has 100 valence electrons. The van der Waals surface area contributed by atoms with Crippen molar-refractivity contribution in [3.63, 3.8) is 0 Å². The van der Waals surface area contributed by atoms with Gasteiger partial charge in [0.05, 0.1) is 6.61 Å². The van der Waals surface area contributed by atoms with E-state index in [0.29, 0.717) is 0 Å². The molecule has 2 heteroatoms. The number of thioether (sulfide) groups is 1. The van der Waals surface area contributed by atoms with Crippen LogP contribution in [-0.4, -0.2) is 5.11 Å². The molecule has 0 aliphatic rings. The number of hydrogen-bond donors (Lipinski definition) is 1. The fourth-order valence-corrected chi connectivity index (χ4v) is 3.38. The zero-order valence-electron chi connectivity index (χ0n) is 11.7. The minimum absolute atomic E-state index is 0.112. The normalized spacial score (nSPS) is 10.7. The van der Waals surface area contributed by atoms with Gasteiger partial charge >= 0.3 is 0 Å². The Balaban J connectivity index is 2.10. The fourth-order valence-electron chi connectivity index (χ4n) is 2.28. The molecular formula is C17H20OS. The summed E-state index contributed by atoms with van der Waals surface area (Å²) >= 11 is 1.85. The monoisotopic (exact) mass is 272 g/mol. The highest BCUT2D eigenvalue weighted by Crippen LogP contribution is 2.27. The lowest BCUT2D eigenvalue weighted by Gasteiger charge is -2.11. The van der Waals surface area contributed by atoms with Crippen LogP contribution in [0.3, 0.4) is 0 Å². The van der Waals surface area contributed by atoms with Crippen molar-refractivity contribution in [1.29, 1.82) is 0 Å². The van der Waals surface area contributed by atoms with Gasteiger partial charge in [-0.1, -0.05) is 29.8 Å². The molecule has 19 heavy (non-hydrogen) atoms. The Morgan fingerprint density at radius 1 is 0.947 bits per heavy atom. The summed E-state index contributed by atoms with van der Waals surface area (Å²) in [6.45, 7) is 6.63. The minimum atomic E-state index is 0.112. The van der Waals surface area contributed by atoms with Gasteiger partial charge in [0.1, 0.15) is 0 Å². The van der Waals surface area contributed by atoms with E-state index < -0.39 is 0 Å². The maximum Gasteiger partial charge on any atom is 0.0681 e. The second-order valence-corrected chi connectivity index (χ2v) is 6.02. The highest BCUT2D eigenvalue weighted by atomic mass is 32.2. The average Bonchev–Trinajstić information content (AvgIpc) is 2.38. The number of aliphatic hydroxyl groups excluding tert-OH is 1. The van der Waals surface area contributed by atoms with Crippen LogP contribution in [0.25, 0.3) is 0 Å². The number of aryl methyl sites for hydroxylation is 3. The van der Waals surface area contributed by atoms with Crippen molar-refractivity contribution in [2.24, 2.45) is 0 Å². The van der Waals surface area contributed by atoms with Crippen LogP contribution < -0.4 is 0 Å². The number of hydrogen-bond acceptors (Lipinski definition) is 2. The first-order valence-corrected chi connectivity index (χ1v) is 7.48. The lowest BCUT2D eigenvalue weighted by Crippen LogP contribution is -1.93. The van der Waals surface area contributed by atoms with Crippen molar-refractivity contribution in [3.8, 4) is 0 Å². The maximum absolute atomic E-state index is 9.03. The van der Waals surface area contributed by atoms with E-state index in [4.69, 9.17) is 5.11 Å². The van der Waals surface area contributed by atoms with Gasteiger partial charge in [0.15, 0.2) is 0 Å². The summed E-state index contributed by atoms with van der Waals surface area (Å²) in [5.74, 6) is 0.996. The van der Waals surface area contributed by atoms with E-state index in [1.165, 1.54) is 27.1 Å². The zero-order valence-corrected chi connectivity index (χ0v) is 12.6. The molecule has 0 atom stereocenters. The van der Waals surface area contributed by atoms with Gasteiger partial charge in [0.2, 0.25) is 0 Å².